The molecule has 0 aromatic carbocycles. The van der Waals surface area contributed by atoms with E-state index < -0.39 is 0 Å². The largest absolute Gasteiger partial charge is 0.493 e. The van der Waals surface area contributed by atoms with Gasteiger partial charge < -0.3 is 19.1 Å². The van der Waals surface area contributed by atoms with E-state index in [1.165, 1.54) is 13.5 Å². The van der Waals surface area contributed by atoms with Crippen molar-refractivity contribution in [1.82, 2.24) is 4.90 Å². The average molecular weight is 323 g/mol. The summed E-state index contributed by atoms with van der Waals surface area (Å²) in [6.07, 6.45) is 7.80. The lowest BCUT2D eigenvalue weighted by Gasteiger charge is -2.28. The van der Waals surface area contributed by atoms with Crippen LogP contribution in [-0.4, -0.2) is 50.7 Å². The monoisotopic (exact) mass is 323 g/mol. The number of carbonyl (C=O) groups is 2. The van der Waals surface area contributed by atoms with Crippen molar-refractivity contribution >= 4 is 11.9 Å². The fourth-order valence-corrected chi connectivity index (χ4v) is 2.79. The Balaban J connectivity index is 1.87. The average Bonchev–Trinajstić information content (AvgIpc) is 3.01. The zero-order chi connectivity index (χ0) is 16.7. The van der Waals surface area contributed by atoms with Gasteiger partial charge in [-0.2, -0.15) is 0 Å². The molecule has 1 heterocycles. The predicted molar refractivity (Wildman–Crippen MR) is 84.3 cm³/mol. The van der Waals surface area contributed by atoms with Gasteiger partial charge in [-0.25, -0.2) is 0 Å². The summed E-state index contributed by atoms with van der Waals surface area (Å²) in [5.74, 6) is 0.687. The van der Waals surface area contributed by atoms with Crippen LogP contribution in [0, 0.1) is 5.92 Å². The van der Waals surface area contributed by atoms with Crippen molar-refractivity contribution in [2.75, 3.05) is 33.9 Å². The van der Waals surface area contributed by atoms with Gasteiger partial charge in [0.2, 0.25) is 5.91 Å². The van der Waals surface area contributed by atoms with Crippen LogP contribution in [0.3, 0.4) is 0 Å². The molecule has 0 N–H and O–H groups in total. The first kappa shape index (κ1) is 17.4. The number of nitrogens with zero attached hydrogens (tertiary/aromatic N) is 1. The van der Waals surface area contributed by atoms with Crippen molar-refractivity contribution < 1.29 is 23.8 Å². The molecule has 23 heavy (non-hydrogen) atoms. The van der Waals surface area contributed by atoms with E-state index >= 15 is 0 Å². The molecule has 1 saturated heterocycles. The number of rotatable bonds is 7. The van der Waals surface area contributed by atoms with E-state index in [0.29, 0.717) is 31.0 Å². The normalized spacial score (nSPS) is 20.6. The smallest absolute Gasteiger partial charge is 0.305 e. The van der Waals surface area contributed by atoms with E-state index in [9.17, 15) is 9.59 Å². The number of hydrogen-bond donors (Lipinski definition) is 0. The first-order chi connectivity index (χ1) is 11.2. The molecule has 0 radical (unpaired) electrons. The van der Waals surface area contributed by atoms with Gasteiger partial charge in [0, 0.05) is 19.5 Å². The number of piperidine rings is 1. The zero-order valence-corrected chi connectivity index (χ0v) is 13.9. The van der Waals surface area contributed by atoms with E-state index in [1.54, 1.807) is 19.3 Å². The van der Waals surface area contributed by atoms with Gasteiger partial charge >= 0.3 is 5.97 Å². The summed E-state index contributed by atoms with van der Waals surface area (Å²) in [6.45, 7) is 2.04. The van der Waals surface area contributed by atoms with E-state index in [2.05, 4.69) is 4.74 Å². The predicted octanol–water partition coefficient (Wildman–Crippen LogP) is 2.01. The highest BCUT2D eigenvalue weighted by atomic mass is 16.5. The number of likely N-dealkylation sites (tertiary alicyclic amines) is 1. The molecule has 6 nitrogen and oxygen atoms in total. The van der Waals surface area contributed by atoms with Gasteiger partial charge in [0.15, 0.2) is 11.5 Å². The zero-order valence-electron chi connectivity index (χ0n) is 13.9. The van der Waals surface area contributed by atoms with Gasteiger partial charge in [0.1, 0.15) is 0 Å². The first-order valence-corrected chi connectivity index (χ1v) is 8.12. The van der Waals surface area contributed by atoms with Gasteiger partial charge in [0.25, 0.3) is 0 Å². The topological polar surface area (TPSA) is 65.1 Å². The quantitative estimate of drug-likeness (QED) is 0.530. The van der Waals surface area contributed by atoms with Crippen LogP contribution < -0.4 is 0 Å². The second-order valence-corrected chi connectivity index (χ2v) is 5.71. The van der Waals surface area contributed by atoms with E-state index in [4.69, 9.17) is 9.47 Å². The lowest BCUT2D eigenvalue weighted by molar-refractivity contribution is -0.141. The van der Waals surface area contributed by atoms with Crippen LogP contribution in [0.1, 0.15) is 32.1 Å². The summed E-state index contributed by atoms with van der Waals surface area (Å²) in [5, 5.41) is 0. The Hall–Kier alpha value is -1.98. The second kappa shape index (κ2) is 8.60. The molecule has 1 aliphatic carbocycles. The summed E-state index contributed by atoms with van der Waals surface area (Å²) in [4.78, 5) is 25.5. The van der Waals surface area contributed by atoms with E-state index in [0.717, 1.165) is 25.9 Å². The molecule has 0 aromatic heterocycles. The van der Waals surface area contributed by atoms with Crippen LogP contribution in [-0.2, 0) is 23.8 Å². The molecular formula is C17H25NO5. The standard InChI is InChI=1S/C17H25NO5/c1-21-14-11-13(17(20)18-8-4-3-5-9-18)12-15(14)23-10-6-7-16(19)22-2/h11-13H,3-10H2,1-2H3. The third-order valence-electron chi connectivity index (χ3n) is 4.09. The first-order valence-electron chi connectivity index (χ1n) is 8.12. The van der Waals surface area contributed by atoms with Gasteiger partial charge in [-0.05, 0) is 37.8 Å². The number of esters is 1. The summed E-state index contributed by atoms with van der Waals surface area (Å²) in [6, 6.07) is 0. The van der Waals surface area contributed by atoms with Crippen molar-refractivity contribution in [1.29, 1.82) is 0 Å². The Labute approximate surface area is 137 Å². The van der Waals surface area contributed by atoms with Crippen LogP contribution in [0.4, 0.5) is 0 Å². The minimum absolute atomic E-state index is 0.104. The van der Waals surface area contributed by atoms with Crippen molar-refractivity contribution in [3.63, 3.8) is 0 Å². The molecule has 0 spiro atoms. The van der Waals surface area contributed by atoms with E-state index in [-0.39, 0.29) is 17.8 Å². The Morgan fingerprint density at radius 1 is 1.13 bits per heavy atom. The Morgan fingerprint density at radius 3 is 2.48 bits per heavy atom. The van der Waals surface area contributed by atoms with Gasteiger partial charge in [-0.15, -0.1) is 0 Å². The number of methoxy groups -OCH3 is 2. The van der Waals surface area contributed by atoms with Gasteiger partial charge in [0.05, 0.1) is 26.7 Å². The highest BCUT2D eigenvalue weighted by molar-refractivity contribution is 5.83. The highest BCUT2D eigenvalue weighted by Crippen LogP contribution is 2.27. The molecule has 1 unspecified atom stereocenters. The lowest BCUT2D eigenvalue weighted by atomic mass is 10.1. The van der Waals surface area contributed by atoms with Crippen LogP contribution in [0.5, 0.6) is 0 Å². The highest BCUT2D eigenvalue weighted by Gasteiger charge is 2.29. The molecule has 128 valence electrons. The summed E-state index contributed by atoms with van der Waals surface area (Å²) in [7, 11) is 2.93. The minimum Gasteiger partial charge on any atom is -0.493 e. The molecule has 0 bridgehead atoms. The molecule has 2 rings (SSSR count). The Kier molecular flexibility index (Phi) is 6.50. The molecular weight excluding hydrogens is 298 g/mol. The Bertz CT molecular complexity index is 491. The fourth-order valence-electron chi connectivity index (χ4n) is 2.79. The van der Waals surface area contributed by atoms with Crippen molar-refractivity contribution in [2.24, 2.45) is 5.92 Å². The SMILES string of the molecule is COC(=O)CCCOC1=CC(C(=O)N2CCCCC2)C=C1OC. The van der Waals surface area contributed by atoms with Gasteiger partial charge in [-0.1, -0.05) is 0 Å². The summed E-state index contributed by atoms with van der Waals surface area (Å²) >= 11 is 0. The third kappa shape index (κ3) is 4.74. The number of ether oxygens (including phenoxy) is 3. The van der Waals surface area contributed by atoms with Crippen LogP contribution in [0.15, 0.2) is 23.7 Å². The molecule has 1 amide bonds. The molecule has 0 saturated carbocycles. The maximum absolute atomic E-state index is 12.5. The molecule has 0 aromatic rings. The minimum atomic E-state index is -0.321. The maximum Gasteiger partial charge on any atom is 0.305 e. The summed E-state index contributed by atoms with van der Waals surface area (Å²) in [5.41, 5.74) is 0. The molecule has 6 heteroatoms. The van der Waals surface area contributed by atoms with Crippen molar-refractivity contribution in [3.05, 3.63) is 23.7 Å². The lowest BCUT2D eigenvalue weighted by Crippen LogP contribution is -2.38. The molecule has 2 aliphatic rings. The number of hydrogen-bond acceptors (Lipinski definition) is 5. The number of amides is 1. The number of carbonyl (C=O) groups excluding carboxylic acids is 2. The fraction of sp³-hybridized carbons (Fsp3) is 0.647. The molecule has 1 atom stereocenters. The van der Waals surface area contributed by atoms with Crippen LogP contribution in [0.2, 0.25) is 0 Å². The van der Waals surface area contributed by atoms with Crippen LogP contribution >= 0.6 is 0 Å². The van der Waals surface area contributed by atoms with Crippen molar-refractivity contribution in [2.45, 2.75) is 32.1 Å². The van der Waals surface area contributed by atoms with Crippen molar-refractivity contribution in [3.8, 4) is 0 Å². The summed E-state index contributed by atoms with van der Waals surface area (Å²) < 4.78 is 15.5. The van der Waals surface area contributed by atoms with Gasteiger partial charge in [-0.3, -0.25) is 9.59 Å². The second-order valence-electron chi connectivity index (χ2n) is 5.71. The van der Waals surface area contributed by atoms with E-state index in [1.807, 2.05) is 4.90 Å². The maximum atomic E-state index is 12.5. The van der Waals surface area contributed by atoms with Crippen LogP contribution in [0.25, 0.3) is 0 Å². The molecule has 1 aliphatic heterocycles. The third-order valence-corrected chi connectivity index (χ3v) is 4.09. The Morgan fingerprint density at radius 2 is 1.83 bits per heavy atom. The molecule has 1 fully saturated rings.